The molecule has 4 heteroatoms. The first kappa shape index (κ1) is 8.74. The predicted octanol–water partition coefficient (Wildman–Crippen LogP) is 1.68. The fraction of sp³-hybridized carbons (Fsp3) is 0.100. The molecule has 3 nitrogen and oxygen atoms in total. The second-order valence-corrected chi connectivity index (χ2v) is 2.92. The topological polar surface area (TPSA) is 46.5 Å². The fourth-order valence-electron chi connectivity index (χ4n) is 1.26. The first-order chi connectivity index (χ1) is 6.66. The number of carboxylic acids is 1. The molecule has 0 unspecified atom stereocenters. The van der Waals surface area contributed by atoms with Gasteiger partial charge in [-0.25, -0.2) is 9.18 Å². The smallest absolute Gasteiger partial charge is 0.349 e. The highest BCUT2D eigenvalue weighted by Gasteiger charge is 2.20. The van der Waals surface area contributed by atoms with Gasteiger partial charge in [0.2, 0.25) is 6.10 Å². The second kappa shape index (κ2) is 3.14. The summed E-state index contributed by atoms with van der Waals surface area (Å²) in [6, 6.07) is 3.95. The van der Waals surface area contributed by atoms with Crippen LogP contribution in [0.3, 0.4) is 0 Å². The second-order valence-electron chi connectivity index (χ2n) is 2.92. The van der Waals surface area contributed by atoms with Gasteiger partial charge >= 0.3 is 5.97 Å². The molecule has 1 heterocycles. The molecule has 1 aliphatic heterocycles. The molecular formula is C10H7FO3. The number of halogens is 1. The summed E-state index contributed by atoms with van der Waals surface area (Å²) in [4.78, 5) is 10.6. The number of carbonyl (C=O) groups is 1. The van der Waals surface area contributed by atoms with Crippen molar-refractivity contribution in [2.75, 3.05) is 0 Å². The molecule has 0 saturated heterocycles. The Labute approximate surface area is 79.4 Å². The largest absolute Gasteiger partial charge is 0.478 e. The number of hydrogen-bond donors (Lipinski definition) is 1. The Bertz CT molecular complexity index is 412. The molecule has 0 fully saturated rings. The van der Waals surface area contributed by atoms with Crippen molar-refractivity contribution in [1.29, 1.82) is 0 Å². The van der Waals surface area contributed by atoms with Crippen LogP contribution in [-0.4, -0.2) is 17.2 Å². The number of ether oxygens (including phenoxy) is 1. The van der Waals surface area contributed by atoms with Crippen molar-refractivity contribution in [3.8, 4) is 5.75 Å². The lowest BCUT2D eigenvalue weighted by Crippen LogP contribution is -2.26. The third kappa shape index (κ3) is 1.46. The SMILES string of the molecule is O=C(O)[C@H]1C=Cc2cc(F)ccc2O1. The summed E-state index contributed by atoms with van der Waals surface area (Å²) in [5.41, 5.74) is 0.558. The van der Waals surface area contributed by atoms with Crippen molar-refractivity contribution >= 4 is 12.0 Å². The Morgan fingerprint density at radius 2 is 2.29 bits per heavy atom. The number of rotatable bonds is 1. The van der Waals surface area contributed by atoms with Gasteiger partial charge in [0.15, 0.2) is 0 Å². The van der Waals surface area contributed by atoms with Crippen molar-refractivity contribution in [1.82, 2.24) is 0 Å². The number of carboxylic acid groups (broad SMARTS) is 1. The molecule has 0 saturated carbocycles. The summed E-state index contributed by atoms with van der Waals surface area (Å²) in [5, 5.41) is 8.67. The van der Waals surface area contributed by atoms with E-state index in [2.05, 4.69) is 0 Å². The van der Waals surface area contributed by atoms with E-state index in [9.17, 15) is 9.18 Å². The highest BCUT2D eigenvalue weighted by Crippen LogP contribution is 2.26. The van der Waals surface area contributed by atoms with Crippen LogP contribution in [0.15, 0.2) is 24.3 Å². The molecule has 14 heavy (non-hydrogen) atoms. The maximum Gasteiger partial charge on any atom is 0.349 e. The van der Waals surface area contributed by atoms with Crippen LogP contribution in [0, 0.1) is 5.82 Å². The molecule has 72 valence electrons. The van der Waals surface area contributed by atoms with Crippen molar-refractivity contribution < 1.29 is 19.0 Å². The summed E-state index contributed by atoms with van der Waals surface area (Å²) in [7, 11) is 0. The van der Waals surface area contributed by atoms with Gasteiger partial charge in [-0.3, -0.25) is 0 Å². The average molecular weight is 194 g/mol. The van der Waals surface area contributed by atoms with Crippen LogP contribution >= 0.6 is 0 Å². The molecule has 2 rings (SSSR count). The summed E-state index contributed by atoms with van der Waals surface area (Å²) < 4.78 is 17.8. The Hall–Kier alpha value is -1.84. The van der Waals surface area contributed by atoms with Gasteiger partial charge in [-0.15, -0.1) is 0 Å². The van der Waals surface area contributed by atoms with E-state index in [1.165, 1.54) is 24.3 Å². The monoisotopic (exact) mass is 194 g/mol. The van der Waals surface area contributed by atoms with Gasteiger partial charge in [-0.1, -0.05) is 6.08 Å². The quantitative estimate of drug-likeness (QED) is 0.739. The lowest BCUT2D eigenvalue weighted by atomic mass is 10.1. The Morgan fingerprint density at radius 3 is 3.00 bits per heavy atom. The highest BCUT2D eigenvalue weighted by molar-refractivity contribution is 5.78. The molecule has 0 amide bonds. The van der Waals surface area contributed by atoms with Crippen LogP contribution < -0.4 is 4.74 Å². The summed E-state index contributed by atoms with van der Waals surface area (Å²) >= 11 is 0. The van der Waals surface area contributed by atoms with Crippen LogP contribution in [0.5, 0.6) is 5.75 Å². The van der Waals surface area contributed by atoms with Gasteiger partial charge in [0, 0.05) is 5.56 Å². The van der Waals surface area contributed by atoms with Crippen LogP contribution in [0.4, 0.5) is 4.39 Å². The van der Waals surface area contributed by atoms with E-state index in [0.29, 0.717) is 11.3 Å². The average Bonchev–Trinajstić information content (AvgIpc) is 2.16. The normalized spacial score (nSPS) is 18.5. The number of benzene rings is 1. The third-order valence-electron chi connectivity index (χ3n) is 1.92. The van der Waals surface area contributed by atoms with Gasteiger partial charge < -0.3 is 9.84 Å². The van der Waals surface area contributed by atoms with E-state index < -0.39 is 12.1 Å². The van der Waals surface area contributed by atoms with E-state index in [4.69, 9.17) is 9.84 Å². The first-order valence-corrected chi connectivity index (χ1v) is 4.04. The van der Waals surface area contributed by atoms with Crippen LogP contribution in [0.1, 0.15) is 5.56 Å². The Balaban J connectivity index is 2.36. The van der Waals surface area contributed by atoms with Gasteiger partial charge in [0.1, 0.15) is 11.6 Å². The van der Waals surface area contributed by atoms with Crippen LogP contribution in [0.25, 0.3) is 6.08 Å². The molecule has 0 bridgehead atoms. The summed E-state index contributed by atoms with van der Waals surface area (Å²) in [5.74, 6) is -1.04. The van der Waals surface area contributed by atoms with Gasteiger partial charge in [0.05, 0.1) is 0 Å². The highest BCUT2D eigenvalue weighted by atomic mass is 19.1. The molecule has 0 radical (unpaired) electrons. The minimum absolute atomic E-state index is 0.370. The van der Waals surface area contributed by atoms with Crippen molar-refractivity contribution in [3.05, 3.63) is 35.7 Å². The van der Waals surface area contributed by atoms with E-state index in [-0.39, 0.29) is 5.82 Å². The van der Waals surface area contributed by atoms with Gasteiger partial charge in [-0.2, -0.15) is 0 Å². The molecular weight excluding hydrogens is 187 g/mol. The van der Waals surface area contributed by atoms with E-state index >= 15 is 0 Å². The van der Waals surface area contributed by atoms with E-state index in [1.54, 1.807) is 6.08 Å². The predicted molar refractivity (Wildman–Crippen MR) is 47.5 cm³/mol. The fourth-order valence-corrected chi connectivity index (χ4v) is 1.26. The van der Waals surface area contributed by atoms with Crippen molar-refractivity contribution in [2.45, 2.75) is 6.10 Å². The lowest BCUT2D eigenvalue weighted by Gasteiger charge is -2.17. The maximum absolute atomic E-state index is 12.7. The molecule has 0 aromatic heterocycles. The third-order valence-corrected chi connectivity index (χ3v) is 1.92. The molecule has 1 N–H and O–H groups in total. The van der Waals surface area contributed by atoms with Gasteiger partial charge in [-0.05, 0) is 24.3 Å². The maximum atomic E-state index is 12.7. The standard InChI is InChI=1S/C10H7FO3/c11-7-2-4-8-6(5-7)1-3-9(14-8)10(12)13/h1-5,9H,(H,12,13)/t9-/m1/s1. The van der Waals surface area contributed by atoms with E-state index in [0.717, 1.165) is 0 Å². The van der Waals surface area contributed by atoms with Crippen LogP contribution in [-0.2, 0) is 4.79 Å². The minimum Gasteiger partial charge on any atom is -0.478 e. The zero-order valence-electron chi connectivity index (χ0n) is 7.11. The Kier molecular flexibility index (Phi) is 1.96. The lowest BCUT2D eigenvalue weighted by molar-refractivity contribution is -0.142. The molecule has 1 aliphatic rings. The van der Waals surface area contributed by atoms with Crippen molar-refractivity contribution in [2.24, 2.45) is 0 Å². The molecule has 0 aliphatic carbocycles. The zero-order valence-corrected chi connectivity index (χ0v) is 7.11. The number of aliphatic carboxylic acids is 1. The number of hydrogen-bond acceptors (Lipinski definition) is 2. The van der Waals surface area contributed by atoms with Gasteiger partial charge in [0.25, 0.3) is 0 Å². The first-order valence-electron chi connectivity index (χ1n) is 4.04. The zero-order chi connectivity index (χ0) is 10.1. The summed E-state index contributed by atoms with van der Waals surface area (Å²) in [6.45, 7) is 0. The van der Waals surface area contributed by atoms with Crippen LogP contribution in [0.2, 0.25) is 0 Å². The van der Waals surface area contributed by atoms with Crippen molar-refractivity contribution in [3.63, 3.8) is 0 Å². The molecule has 1 atom stereocenters. The molecule has 1 aromatic rings. The molecule has 0 spiro atoms. The van der Waals surface area contributed by atoms with E-state index in [1.807, 2.05) is 0 Å². The molecule has 1 aromatic carbocycles. The number of fused-ring (bicyclic) bond motifs is 1. The Morgan fingerprint density at radius 1 is 1.50 bits per heavy atom. The summed E-state index contributed by atoms with van der Waals surface area (Å²) in [6.07, 6.45) is 1.94. The minimum atomic E-state index is -1.06.